The lowest BCUT2D eigenvalue weighted by molar-refractivity contribution is 0.228. The highest BCUT2D eigenvalue weighted by Crippen LogP contribution is 2.21. The normalized spacial score (nSPS) is 13.3. The lowest BCUT2D eigenvalue weighted by Crippen LogP contribution is -2.45. The Labute approximate surface area is 149 Å². The first-order chi connectivity index (χ1) is 12.0. The first kappa shape index (κ1) is 18.8. The monoisotopic (exact) mass is 345 g/mol. The summed E-state index contributed by atoms with van der Waals surface area (Å²) in [7, 11) is 5.63. The summed E-state index contributed by atoms with van der Waals surface area (Å²) >= 11 is 0. The van der Waals surface area contributed by atoms with E-state index in [0.717, 1.165) is 11.3 Å². The number of ether oxygens (including phenoxy) is 1. The zero-order valence-electron chi connectivity index (χ0n) is 15.3. The predicted molar refractivity (Wildman–Crippen MR) is 97.6 cm³/mol. The van der Waals surface area contributed by atoms with E-state index in [0.29, 0.717) is 13.1 Å². The Bertz CT molecular complexity index is 657. The van der Waals surface area contributed by atoms with E-state index in [1.165, 1.54) is 0 Å². The fraction of sp³-hybridized carbons (Fsp3) is 0.444. The molecule has 2 amide bonds. The number of hydrogen-bond donors (Lipinski definition) is 2. The fourth-order valence-corrected chi connectivity index (χ4v) is 2.67. The molecule has 0 aliphatic heterocycles. The zero-order chi connectivity index (χ0) is 18.2. The van der Waals surface area contributed by atoms with Crippen LogP contribution in [0.3, 0.4) is 0 Å². The van der Waals surface area contributed by atoms with Crippen molar-refractivity contribution >= 4 is 6.03 Å². The third-order valence-corrected chi connectivity index (χ3v) is 3.98. The van der Waals surface area contributed by atoms with Gasteiger partial charge in [0.25, 0.3) is 0 Å². The number of benzene rings is 1. The van der Waals surface area contributed by atoms with Crippen molar-refractivity contribution in [3.8, 4) is 5.75 Å². The van der Waals surface area contributed by atoms with Gasteiger partial charge in [-0.05, 0) is 38.7 Å². The second-order valence-electron chi connectivity index (χ2n) is 6.27. The minimum Gasteiger partial charge on any atom is -0.497 e. The van der Waals surface area contributed by atoms with Crippen LogP contribution < -0.4 is 15.4 Å². The lowest BCUT2D eigenvalue weighted by atomic mass is 10.1. The molecule has 0 aliphatic rings. The number of hydrogen-bond acceptors (Lipinski definition) is 4. The first-order valence-electron chi connectivity index (χ1n) is 8.30. The van der Waals surface area contributed by atoms with Crippen molar-refractivity contribution in [2.75, 3.05) is 27.7 Å². The molecule has 2 aromatic rings. The summed E-state index contributed by atoms with van der Waals surface area (Å²) in [5.41, 5.74) is 1.09. The van der Waals surface area contributed by atoms with Crippen LogP contribution in [-0.4, -0.2) is 54.3 Å². The number of urea groups is 1. The molecule has 2 N–H and O–H groups in total. The molecule has 0 spiro atoms. The number of likely N-dealkylation sites (N-methyl/N-ethyl adjacent to an activating group) is 1. The summed E-state index contributed by atoms with van der Waals surface area (Å²) in [4.78, 5) is 18.2. The average molecular weight is 345 g/mol. The number of carbonyl (C=O) groups is 1. The molecule has 0 bridgehead atoms. The van der Waals surface area contributed by atoms with Gasteiger partial charge in [0, 0.05) is 31.5 Å². The largest absolute Gasteiger partial charge is 0.497 e. The molecule has 25 heavy (non-hydrogen) atoms. The molecule has 136 valence electrons. The van der Waals surface area contributed by atoms with Crippen molar-refractivity contribution in [1.29, 1.82) is 0 Å². The number of nitrogens with one attached hydrogen (secondary N) is 2. The van der Waals surface area contributed by atoms with Crippen molar-refractivity contribution in [3.05, 3.63) is 48.5 Å². The minimum absolute atomic E-state index is 0.00354. The Morgan fingerprint density at radius 2 is 2.20 bits per heavy atom. The average Bonchev–Trinajstić information content (AvgIpc) is 3.07. The van der Waals surface area contributed by atoms with E-state index < -0.39 is 0 Å². The Morgan fingerprint density at radius 3 is 2.84 bits per heavy atom. The van der Waals surface area contributed by atoms with Crippen LogP contribution in [-0.2, 0) is 6.54 Å². The molecule has 0 saturated carbocycles. The summed E-state index contributed by atoms with van der Waals surface area (Å²) in [6, 6.07) is 7.78. The van der Waals surface area contributed by atoms with E-state index >= 15 is 0 Å². The van der Waals surface area contributed by atoms with Crippen LogP contribution in [0, 0.1) is 0 Å². The summed E-state index contributed by atoms with van der Waals surface area (Å²) in [6.07, 6.45) is 5.34. The molecule has 1 heterocycles. The van der Waals surface area contributed by atoms with Crippen LogP contribution in [0.5, 0.6) is 5.75 Å². The van der Waals surface area contributed by atoms with Gasteiger partial charge in [0.05, 0.1) is 19.5 Å². The molecule has 2 atom stereocenters. The maximum Gasteiger partial charge on any atom is 0.315 e. The smallest absolute Gasteiger partial charge is 0.315 e. The van der Waals surface area contributed by atoms with E-state index in [1.54, 1.807) is 19.6 Å². The van der Waals surface area contributed by atoms with Crippen molar-refractivity contribution in [1.82, 2.24) is 25.1 Å². The van der Waals surface area contributed by atoms with E-state index in [2.05, 4.69) is 20.5 Å². The molecule has 2 rings (SSSR count). The van der Waals surface area contributed by atoms with E-state index in [4.69, 9.17) is 4.74 Å². The number of rotatable bonds is 8. The molecular weight excluding hydrogens is 318 g/mol. The molecule has 7 heteroatoms. The molecule has 1 aromatic heterocycles. The summed E-state index contributed by atoms with van der Waals surface area (Å²) < 4.78 is 7.22. The van der Waals surface area contributed by atoms with Crippen molar-refractivity contribution in [3.63, 3.8) is 0 Å². The molecule has 0 saturated heterocycles. The number of methoxy groups -OCH3 is 1. The molecule has 0 unspecified atom stereocenters. The van der Waals surface area contributed by atoms with Gasteiger partial charge in [-0.25, -0.2) is 9.78 Å². The highest BCUT2D eigenvalue weighted by Gasteiger charge is 2.16. The van der Waals surface area contributed by atoms with Gasteiger partial charge in [0.2, 0.25) is 0 Å². The second kappa shape index (κ2) is 9.08. The van der Waals surface area contributed by atoms with E-state index in [1.807, 2.05) is 56.0 Å². The van der Waals surface area contributed by atoms with E-state index in [-0.39, 0.29) is 18.1 Å². The van der Waals surface area contributed by atoms with Crippen LogP contribution in [0.25, 0.3) is 0 Å². The standard InChI is InChI=1S/C18H27N5O2/c1-14(12-23-9-8-19-13-23)21-18(24)20-11-17(22(2)3)15-6-5-7-16(10-15)25-4/h5-10,13-14,17H,11-12H2,1-4H3,(H2,20,21,24)/t14-,17+/m1/s1. The molecule has 0 radical (unpaired) electrons. The summed E-state index contributed by atoms with van der Waals surface area (Å²) in [5.74, 6) is 0.808. The number of amides is 2. The fourth-order valence-electron chi connectivity index (χ4n) is 2.67. The van der Waals surface area contributed by atoms with Gasteiger partial charge >= 0.3 is 6.03 Å². The predicted octanol–water partition coefficient (Wildman–Crippen LogP) is 1.88. The first-order valence-corrected chi connectivity index (χ1v) is 8.30. The Hall–Kier alpha value is -2.54. The van der Waals surface area contributed by atoms with Gasteiger partial charge in [-0.1, -0.05) is 12.1 Å². The van der Waals surface area contributed by atoms with Gasteiger partial charge < -0.3 is 24.8 Å². The topological polar surface area (TPSA) is 71.4 Å². The van der Waals surface area contributed by atoms with Crippen LogP contribution >= 0.6 is 0 Å². The Balaban J connectivity index is 1.88. The number of nitrogens with zero attached hydrogens (tertiary/aromatic N) is 3. The van der Waals surface area contributed by atoms with Crippen LogP contribution in [0.15, 0.2) is 43.0 Å². The van der Waals surface area contributed by atoms with Gasteiger partial charge in [-0.15, -0.1) is 0 Å². The third kappa shape index (κ3) is 5.79. The van der Waals surface area contributed by atoms with Gasteiger partial charge in [-0.3, -0.25) is 0 Å². The second-order valence-corrected chi connectivity index (χ2v) is 6.27. The molecule has 7 nitrogen and oxygen atoms in total. The molecule has 0 fully saturated rings. The van der Waals surface area contributed by atoms with Gasteiger partial charge in [0.1, 0.15) is 5.75 Å². The van der Waals surface area contributed by atoms with Crippen molar-refractivity contribution < 1.29 is 9.53 Å². The van der Waals surface area contributed by atoms with Crippen molar-refractivity contribution in [2.24, 2.45) is 0 Å². The van der Waals surface area contributed by atoms with Crippen LogP contribution in [0.4, 0.5) is 4.79 Å². The maximum absolute atomic E-state index is 12.2. The minimum atomic E-state index is -0.178. The quantitative estimate of drug-likeness (QED) is 0.766. The Kier molecular flexibility index (Phi) is 6.82. The zero-order valence-corrected chi connectivity index (χ0v) is 15.3. The number of aromatic nitrogens is 2. The highest BCUT2D eigenvalue weighted by molar-refractivity contribution is 5.74. The molecular formula is C18H27N5O2. The molecule has 0 aliphatic carbocycles. The maximum atomic E-state index is 12.2. The van der Waals surface area contributed by atoms with Gasteiger partial charge in [-0.2, -0.15) is 0 Å². The number of carbonyl (C=O) groups excluding carboxylic acids is 1. The van der Waals surface area contributed by atoms with E-state index in [9.17, 15) is 4.79 Å². The highest BCUT2D eigenvalue weighted by atomic mass is 16.5. The lowest BCUT2D eigenvalue weighted by Gasteiger charge is -2.26. The number of imidazole rings is 1. The summed E-state index contributed by atoms with van der Waals surface area (Å²) in [5, 5.41) is 5.90. The third-order valence-electron chi connectivity index (χ3n) is 3.98. The van der Waals surface area contributed by atoms with Crippen LogP contribution in [0.1, 0.15) is 18.5 Å². The van der Waals surface area contributed by atoms with Gasteiger partial charge in [0.15, 0.2) is 0 Å². The SMILES string of the molecule is COc1cccc([C@H](CNC(=O)N[C@H](C)Cn2ccnc2)N(C)C)c1. The molecule has 1 aromatic carbocycles. The van der Waals surface area contributed by atoms with Crippen molar-refractivity contribution in [2.45, 2.75) is 25.6 Å². The Morgan fingerprint density at radius 1 is 1.40 bits per heavy atom. The van der Waals surface area contributed by atoms with Crippen LogP contribution in [0.2, 0.25) is 0 Å². The summed E-state index contributed by atoms with van der Waals surface area (Å²) in [6.45, 7) is 3.15.